The molecule has 0 amide bonds. The van der Waals surface area contributed by atoms with E-state index in [-0.39, 0.29) is 5.56 Å². The lowest BCUT2D eigenvalue weighted by Gasteiger charge is -2.08. The van der Waals surface area contributed by atoms with Gasteiger partial charge in [0, 0.05) is 18.4 Å². The quantitative estimate of drug-likeness (QED) is 0.708. The fourth-order valence-corrected chi connectivity index (χ4v) is 0.697. The highest BCUT2D eigenvalue weighted by Gasteiger charge is 1.97. The molecule has 0 aliphatic rings. The molecule has 0 bridgehead atoms. The summed E-state index contributed by atoms with van der Waals surface area (Å²) in [6.45, 7) is -6.14. The molecular weight excluding hydrogens is 134 g/mol. The van der Waals surface area contributed by atoms with Gasteiger partial charge in [0.15, 0.2) is 0 Å². The Hall–Kier alpha value is -0.820. The Morgan fingerprint density at radius 2 is 2.45 bits per heavy atom. The molecule has 0 fully saturated rings. The molecular formula is C10H15N. The maximum absolute atomic E-state index is 7.96. The van der Waals surface area contributed by atoms with Crippen LogP contribution in [-0.4, -0.2) is 13.0 Å². The first-order valence-corrected chi connectivity index (χ1v) is 3.16. The van der Waals surface area contributed by atoms with Crippen molar-refractivity contribution >= 4 is 0 Å². The Morgan fingerprint density at radius 1 is 1.64 bits per heavy atom. The molecule has 0 aliphatic carbocycles. The van der Waals surface area contributed by atoms with Crippen molar-refractivity contribution in [1.29, 1.82) is 0 Å². The van der Waals surface area contributed by atoms with E-state index in [1.807, 2.05) is 0 Å². The molecule has 0 saturated heterocycles. The molecule has 1 N–H and O–H groups in total. The van der Waals surface area contributed by atoms with Crippen LogP contribution in [0.15, 0.2) is 30.3 Å². The maximum Gasteiger partial charge on any atom is 0.0465 e. The smallest absolute Gasteiger partial charge is 0.0465 e. The minimum Gasteiger partial charge on any atom is -0.317 e. The van der Waals surface area contributed by atoms with E-state index in [0.717, 1.165) is 0 Å². The van der Waals surface area contributed by atoms with Gasteiger partial charge in [0.05, 0.1) is 0 Å². The average Bonchev–Trinajstić information content (AvgIpc) is 2.26. The number of rotatable bonds is 3. The van der Waals surface area contributed by atoms with Gasteiger partial charge in [0.1, 0.15) is 0 Å². The molecule has 0 saturated carbocycles. The minimum absolute atomic E-state index is 0.0807. The highest BCUT2D eigenvalue weighted by molar-refractivity contribution is 5.15. The van der Waals surface area contributed by atoms with Gasteiger partial charge in [-0.15, -0.1) is 0 Å². The van der Waals surface area contributed by atoms with E-state index in [1.54, 1.807) is 11.4 Å². The topological polar surface area (TPSA) is 12.0 Å². The molecule has 0 aliphatic heterocycles. The Labute approximate surface area is 81.1 Å². The van der Waals surface area contributed by atoms with E-state index in [9.17, 15) is 0 Å². The molecule has 11 heavy (non-hydrogen) atoms. The lowest BCUT2D eigenvalue weighted by Crippen LogP contribution is -2.23. The van der Waals surface area contributed by atoms with E-state index in [0.29, 0.717) is 0 Å². The van der Waals surface area contributed by atoms with E-state index in [1.165, 1.54) is 24.3 Å². The van der Waals surface area contributed by atoms with Gasteiger partial charge in [-0.2, -0.15) is 0 Å². The molecule has 0 aromatic heterocycles. The molecule has 1 aromatic carbocycles. The van der Waals surface area contributed by atoms with Crippen LogP contribution in [-0.2, 0) is 6.37 Å². The van der Waals surface area contributed by atoms with Gasteiger partial charge in [0.2, 0.25) is 0 Å². The summed E-state index contributed by atoms with van der Waals surface area (Å²) in [6, 6.07) is 4.21. The molecule has 1 heteroatoms. The number of benzene rings is 1. The van der Waals surface area contributed by atoms with Crippen molar-refractivity contribution in [3.05, 3.63) is 35.9 Å². The van der Waals surface area contributed by atoms with E-state index >= 15 is 0 Å². The number of hydrogen-bond acceptors (Lipinski definition) is 1. The second kappa shape index (κ2) is 4.14. The third kappa shape index (κ3) is 2.72. The summed E-state index contributed by atoms with van der Waals surface area (Å²) in [7, 11) is 0. The Bertz CT molecular complexity index is 450. The van der Waals surface area contributed by atoms with Crippen molar-refractivity contribution in [1.82, 2.24) is 5.32 Å². The second-order valence-corrected chi connectivity index (χ2v) is 1.99. The van der Waals surface area contributed by atoms with Gasteiger partial charge < -0.3 is 5.32 Å². The third-order valence-corrected chi connectivity index (χ3v) is 1.17. The molecule has 60 valence electrons. The first-order valence-electron chi connectivity index (χ1n) is 7.66. The summed E-state index contributed by atoms with van der Waals surface area (Å²) in [5.41, 5.74) is -0.0807. The molecule has 1 atom stereocenters. The number of likely N-dealkylation sites (N-methyl/N-ethyl adjacent to an activating group) is 1. The molecule has 1 nitrogen and oxygen atoms in total. The lowest BCUT2D eigenvalue weighted by molar-refractivity contribution is 0.608. The van der Waals surface area contributed by atoms with Gasteiger partial charge >= 0.3 is 0 Å². The predicted octanol–water partition coefficient (Wildman–Crippen LogP) is 1.84. The van der Waals surface area contributed by atoms with Crippen LogP contribution in [0, 0.1) is 0 Å². The highest BCUT2D eigenvalue weighted by atomic mass is 14.8. The van der Waals surface area contributed by atoms with Gasteiger partial charge in [-0.1, -0.05) is 30.3 Å². The van der Waals surface area contributed by atoms with Crippen molar-refractivity contribution in [3.63, 3.8) is 0 Å². The molecule has 1 unspecified atom stereocenters. The van der Waals surface area contributed by atoms with Crippen molar-refractivity contribution < 1.29 is 12.3 Å². The van der Waals surface area contributed by atoms with Crippen LogP contribution in [0.3, 0.4) is 0 Å². The summed E-state index contributed by atoms with van der Waals surface area (Å²) in [5, 5.41) is 1.64. The van der Waals surface area contributed by atoms with Gasteiger partial charge in [0.25, 0.3) is 0 Å². The zero-order valence-corrected chi connectivity index (χ0v) is 5.89. The standard InChI is InChI=1S/C10H15N/c1-9(11-2)8-10-6-4-3-5-7-10/h3-7,9,11H,8H2,1-2H3/i1D3,2D3,8D2,9D. The molecule has 0 radical (unpaired) electrons. The predicted molar refractivity (Wildman–Crippen MR) is 48.7 cm³/mol. The molecule has 0 heterocycles. The number of hydrogen-bond donors (Lipinski definition) is 1. The zero-order chi connectivity index (χ0) is 15.8. The van der Waals surface area contributed by atoms with Gasteiger partial charge in [-0.05, 0) is 25.8 Å². The van der Waals surface area contributed by atoms with Crippen LogP contribution >= 0.6 is 0 Å². The van der Waals surface area contributed by atoms with Crippen molar-refractivity contribution in [2.24, 2.45) is 0 Å². The Morgan fingerprint density at radius 3 is 3.09 bits per heavy atom. The lowest BCUT2D eigenvalue weighted by atomic mass is 10.1. The van der Waals surface area contributed by atoms with Crippen LogP contribution in [0.25, 0.3) is 0 Å². The highest BCUT2D eigenvalue weighted by Crippen LogP contribution is 2.01. The van der Waals surface area contributed by atoms with Crippen LogP contribution in [0.2, 0.25) is 0 Å². The van der Waals surface area contributed by atoms with Crippen molar-refractivity contribution in [3.8, 4) is 0 Å². The van der Waals surface area contributed by atoms with Crippen LogP contribution in [0.5, 0.6) is 0 Å². The first-order chi connectivity index (χ1) is 8.81. The van der Waals surface area contributed by atoms with E-state index < -0.39 is 26.2 Å². The Balaban J connectivity index is 3.38. The second-order valence-electron chi connectivity index (χ2n) is 1.99. The average molecular weight is 158 g/mol. The third-order valence-electron chi connectivity index (χ3n) is 1.17. The molecule has 1 rings (SSSR count). The molecule has 1 aromatic rings. The summed E-state index contributed by atoms with van der Waals surface area (Å²) >= 11 is 0. The molecule has 0 spiro atoms. The first kappa shape index (κ1) is 2.33. The fourth-order valence-electron chi connectivity index (χ4n) is 0.697. The number of nitrogens with one attached hydrogen (secondary N) is 1. The summed E-state index contributed by atoms with van der Waals surface area (Å²) in [4.78, 5) is 0. The zero-order valence-electron chi connectivity index (χ0n) is 14.9. The van der Waals surface area contributed by atoms with Crippen LogP contribution in [0.1, 0.15) is 24.8 Å². The summed E-state index contributed by atoms with van der Waals surface area (Å²) in [6.07, 6.45) is -2.73. The van der Waals surface area contributed by atoms with Crippen LogP contribution in [0.4, 0.5) is 0 Å². The summed E-state index contributed by atoms with van der Waals surface area (Å²) < 4.78 is 67.3. The largest absolute Gasteiger partial charge is 0.317 e. The van der Waals surface area contributed by atoms with Gasteiger partial charge in [-0.25, -0.2) is 0 Å². The minimum atomic E-state index is -3.18. The van der Waals surface area contributed by atoms with Crippen LogP contribution < -0.4 is 5.32 Å². The monoisotopic (exact) mass is 158 g/mol. The normalized spacial score (nSPS) is 31.5. The van der Waals surface area contributed by atoms with Gasteiger partial charge in [-0.3, -0.25) is 0 Å². The van der Waals surface area contributed by atoms with E-state index in [2.05, 4.69) is 0 Å². The maximum atomic E-state index is 7.96. The summed E-state index contributed by atoms with van der Waals surface area (Å²) in [5.74, 6) is 0. The fraction of sp³-hybridized carbons (Fsp3) is 0.400. The Kier molecular flexibility index (Phi) is 0.878. The van der Waals surface area contributed by atoms with Crippen molar-refractivity contribution in [2.45, 2.75) is 19.2 Å². The van der Waals surface area contributed by atoms with Crippen molar-refractivity contribution in [2.75, 3.05) is 6.98 Å². The SMILES string of the molecule is [2H]C([2H])([2H])NC([2H])(C([2H])([2H])[2H])C([2H])([2H])c1ccccc1. The van der Waals surface area contributed by atoms with E-state index in [4.69, 9.17) is 12.3 Å².